The van der Waals surface area contributed by atoms with Crippen LogP contribution in [0.4, 0.5) is 11.4 Å². The molecule has 4 amide bonds. The first-order valence-electron chi connectivity index (χ1n) is 19.0. The van der Waals surface area contributed by atoms with Crippen molar-refractivity contribution in [2.45, 2.75) is 37.8 Å². The molecule has 12 nitrogen and oxygen atoms in total. The number of hydrogen-bond donors (Lipinski definition) is 4. The number of fused-ring (bicyclic) bond motifs is 2. The van der Waals surface area contributed by atoms with Crippen molar-refractivity contribution < 1.29 is 28.7 Å². The van der Waals surface area contributed by atoms with Gasteiger partial charge in [0.2, 0.25) is 11.8 Å². The standard InChI is InChI=1S/C42H42Cl2N6O6/c43-41-29(25-7-11-33-35(19-25)55-23-39(53)49(33)17-15-45-21-27-9-13-37(51)47-27)3-1-5-31(41)32-6-2-4-30(42(32)44)26-8-12-34-36(20-26)56-24-40(54)50(34)18-16-46-22-28-10-14-38(52)48-28/h1-8,11-12,19-20,27-28,45-46H,9-10,13-18,21-24H2,(H,47,51)(H,48,52). The first-order chi connectivity index (χ1) is 27.2. The van der Waals surface area contributed by atoms with Crippen LogP contribution in [0.5, 0.6) is 11.5 Å². The fraction of sp³-hybridized carbons (Fsp3) is 0.333. The number of nitrogens with one attached hydrogen (secondary N) is 4. The molecule has 0 bridgehead atoms. The van der Waals surface area contributed by atoms with Crippen LogP contribution >= 0.6 is 23.2 Å². The summed E-state index contributed by atoms with van der Waals surface area (Å²) in [4.78, 5) is 52.2. The molecule has 0 spiro atoms. The van der Waals surface area contributed by atoms with E-state index in [0.717, 1.165) is 46.2 Å². The average Bonchev–Trinajstić information content (AvgIpc) is 3.83. The molecule has 0 saturated carbocycles. The Morgan fingerprint density at radius 2 is 1.04 bits per heavy atom. The smallest absolute Gasteiger partial charge is 0.265 e. The summed E-state index contributed by atoms with van der Waals surface area (Å²) in [6, 6.07) is 23.3. The first-order valence-corrected chi connectivity index (χ1v) is 19.7. The minimum atomic E-state index is -0.118. The molecule has 2 fully saturated rings. The third-order valence-corrected chi connectivity index (χ3v) is 11.5. The number of carbonyl (C=O) groups excluding carboxylic acids is 4. The van der Waals surface area contributed by atoms with Crippen LogP contribution in [0.25, 0.3) is 33.4 Å². The first kappa shape index (κ1) is 37.8. The van der Waals surface area contributed by atoms with Crippen LogP contribution in [0.2, 0.25) is 10.0 Å². The Morgan fingerprint density at radius 1 is 0.607 bits per heavy atom. The normalized spacial score (nSPS) is 19.0. The van der Waals surface area contributed by atoms with Gasteiger partial charge in [-0.1, -0.05) is 71.7 Å². The van der Waals surface area contributed by atoms with Crippen LogP contribution in [-0.4, -0.2) is 88.2 Å². The molecular formula is C42H42Cl2N6O6. The summed E-state index contributed by atoms with van der Waals surface area (Å²) in [5.74, 6) is 1.11. The van der Waals surface area contributed by atoms with Crippen LogP contribution in [0.15, 0.2) is 72.8 Å². The van der Waals surface area contributed by atoms with Crippen LogP contribution in [-0.2, 0) is 19.2 Å². The van der Waals surface area contributed by atoms with E-state index in [0.29, 0.717) is 85.0 Å². The molecule has 8 rings (SSSR count). The van der Waals surface area contributed by atoms with Gasteiger partial charge in [-0.3, -0.25) is 19.2 Å². The molecule has 2 atom stereocenters. The van der Waals surface area contributed by atoms with E-state index in [4.69, 9.17) is 32.7 Å². The number of ether oxygens (including phenoxy) is 2. The Hall–Kier alpha value is -5.14. The number of rotatable bonds is 13. The lowest BCUT2D eigenvalue weighted by Gasteiger charge is -2.30. The zero-order chi connectivity index (χ0) is 38.8. The predicted molar refractivity (Wildman–Crippen MR) is 217 cm³/mol. The Balaban J connectivity index is 0.978. The van der Waals surface area contributed by atoms with Crippen molar-refractivity contribution in [1.82, 2.24) is 21.3 Å². The van der Waals surface area contributed by atoms with Gasteiger partial charge < -0.3 is 40.5 Å². The van der Waals surface area contributed by atoms with Crippen molar-refractivity contribution in [3.8, 4) is 44.9 Å². The maximum absolute atomic E-state index is 12.9. The van der Waals surface area contributed by atoms with Gasteiger partial charge >= 0.3 is 0 Å². The molecule has 0 aromatic heterocycles. The quantitative estimate of drug-likeness (QED) is 0.136. The summed E-state index contributed by atoms with van der Waals surface area (Å²) < 4.78 is 11.8. The van der Waals surface area contributed by atoms with Crippen LogP contribution in [0.1, 0.15) is 25.7 Å². The Kier molecular flexibility index (Phi) is 11.1. The van der Waals surface area contributed by atoms with Gasteiger partial charge in [0.25, 0.3) is 11.8 Å². The zero-order valence-electron chi connectivity index (χ0n) is 30.7. The minimum Gasteiger partial charge on any atom is -0.482 e. The molecular weight excluding hydrogens is 755 g/mol. The van der Waals surface area contributed by atoms with Gasteiger partial charge in [0.15, 0.2) is 13.2 Å². The van der Waals surface area contributed by atoms with Gasteiger partial charge in [-0.2, -0.15) is 0 Å². The second kappa shape index (κ2) is 16.5. The van der Waals surface area contributed by atoms with Crippen molar-refractivity contribution in [2.24, 2.45) is 0 Å². The highest BCUT2D eigenvalue weighted by Crippen LogP contribution is 2.45. The van der Waals surface area contributed by atoms with E-state index in [1.165, 1.54) is 0 Å². The predicted octanol–water partition coefficient (Wildman–Crippen LogP) is 5.18. The van der Waals surface area contributed by atoms with Crippen molar-refractivity contribution in [3.05, 3.63) is 82.8 Å². The molecule has 4 aromatic carbocycles. The maximum atomic E-state index is 12.9. The highest BCUT2D eigenvalue weighted by Gasteiger charge is 2.29. The SMILES string of the molecule is O=C1CCC(CNCCN2C(=O)COc3cc(-c4cccc(-c5cccc(-c6ccc7c(c6)OCC(=O)N7CCNCC6CCC(=O)N6)c5Cl)c4Cl)ccc32)N1. The van der Waals surface area contributed by atoms with Gasteiger partial charge in [-0.15, -0.1) is 0 Å². The molecule has 4 N–H and O–H groups in total. The molecule has 2 unspecified atom stereocenters. The molecule has 4 aliphatic heterocycles. The van der Waals surface area contributed by atoms with Crippen molar-refractivity contribution in [2.75, 3.05) is 62.3 Å². The van der Waals surface area contributed by atoms with E-state index in [9.17, 15) is 19.2 Å². The third-order valence-electron chi connectivity index (χ3n) is 10.7. The molecule has 0 radical (unpaired) electrons. The zero-order valence-corrected chi connectivity index (χ0v) is 32.2. The monoisotopic (exact) mass is 796 g/mol. The van der Waals surface area contributed by atoms with Crippen LogP contribution < -0.4 is 40.5 Å². The Bertz CT molecular complexity index is 2050. The third kappa shape index (κ3) is 7.92. The molecule has 290 valence electrons. The number of anilines is 2. The minimum absolute atomic E-state index is 0.0626. The summed E-state index contributed by atoms with van der Waals surface area (Å²) in [5.41, 5.74) is 6.14. The lowest BCUT2D eigenvalue weighted by molar-refractivity contribution is -0.122. The van der Waals surface area contributed by atoms with Crippen molar-refractivity contribution in [3.63, 3.8) is 0 Å². The summed E-state index contributed by atoms with van der Waals surface area (Å²) >= 11 is 14.3. The molecule has 4 heterocycles. The van der Waals surface area contributed by atoms with Gasteiger partial charge in [-0.05, 0) is 48.2 Å². The molecule has 4 aromatic rings. The number of nitrogens with zero attached hydrogens (tertiary/aromatic N) is 2. The van der Waals surface area contributed by atoms with Gasteiger partial charge in [0.05, 0.1) is 21.4 Å². The Labute approximate surface area is 334 Å². The summed E-state index contributed by atoms with van der Waals surface area (Å²) in [7, 11) is 0. The fourth-order valence-corrected chi connectivity index (χ4v) is 8.43. The van der Waals surface area contributed by atoms with Crippen molar-refractivity contribution in [1.29, 1.82) is 0 Å². The van der Waals surface area contributed by atoms with E-state index in [2.05, 4.69) is 21.3 Å². The van der Waals surface area contributed by atoms with Gasteiger partial charge in [0.1, 0.15) is 11.5 Å². The summed E-state index contributed by atoms with van der Waals surface area (Å²) in [6.45, 7) is 3.27. The Morgan fingerprint density at radius 3 is 1.45 bits per heavy atom. The number of carbonyl (C=O) groups is 4. The van der Waals surface area contributed by atoms with Crippen LogP contribution in [0, 0.1) is 0 Å². The van der Waals surface area contributed by atoms with E-state index >= 15 is 0 Å². The van der Waals surface area contributed by atoms with E-state index < -0.39 is 0 Å². The average molecular weight is 798 g/mol. The van der Waals surface area contributed by atoms with E-state index in [1.807, 2.05) is 72.8 Å². The lowest BCUT2D eigenvalue weighted by Crippen LogP contribution is -2.44. The highest BCUT2D eigenvalue weighted by molar-refractivity contribution is 6.39. The molecule has 4 aliphatic rings. The maximum Gasteiger partial charge on any atom is 0.265 e. The van der Waals surface area contributed by atoms with Crippen molar-refractivity contribution >= 4 is 58.2 Å². The van der Waals surface area contributed by atoms with Gasteiger partial charge in [0, 0.05) is 86.4 Å². The second-order valence-corrected chi connectivity index (χ2v) is 15.1. The van der Waals surface area contributed by atoms with E-state index in [1.54, 1.807) is 9.80 Å². The molecule has 56 heavy (non-hydrogen) atoms. The summed E-state index contributed by atoms with van der Waals surface area (Å²) in [5, 5.41) is 13.7. The number of amides is 4. The fourth-order valence-electron chi connectivity index (χ4n) is 7.76. The largest absolute Gasteiger partial charge is 0.482 e. The van der Waals surface area contributed by atoms with Gasteiger partial charge in [-0.25, -0.2) is 0 Å². The number of hydrogen-bond acceptors (Lipinski definition) is 8. The molecule has 0 aliphatic carbocycles. The lowest BCUT2D eigenvalue weighted by atomic mass is 9.95. The van der Waals surface area contributed by atoms with E-state index in [-0.39, 0.29) is 48.9 Å². The molecule has 2 saturated heterocycles. The van der Waals surface area contributed by atoms with Crippen LogP contribution in [0.3, 0.4) is 0 Å². The number of benzene rings is 4. The highest BCUT2D eigenvalue weighted by atomic mass is 35.5. The topological polar surface area (TPSA) is 141 Å². The molecule has 14 heteroatoms. The second-order valence-electron chi connectivity index (χ2n) is 14.4. The number of halogens is 2. The summed E-state index contributed by atoms with van der Waals surface area (Å²) in [6.07, 6.45) is 2.73.